The van der Waals surface area contributed by atoms with Crippen LogP contribution >= 0.6 is 0 Å². The van der Waals surface area contributed by atoms with Crippen LogP contribution in [0.2, 0.25) is 0 Å². The molecule has 0 N–H and O–H groups in total. The van der Waals surface area contributed by atoms with Gasteiger partial charge in [0.25, 0.3) is 0 Å². The number of hydrogen-bond donors (Lipinski definition) is 0. The minimum Gasteiger partial charge on any atom is -0.326 e. The van der Waals surface area contributed by atoms with Gasteiger partial charge in [0.15, 0.2) is 11.6 Å². The molecule has 3 aromatic heterocycles. The van der Waals surface area contributed by atoms with Crippen molar-refractivity contribution in [3.63, 3.8) is 0 Å². The first-order chi connectivity index (χ1) is 55.7. The Bertz CT molecular complexity index is 5250. The minimum atomic E-state index is 0.170. The Hall–Kier alpha value is -13.4. The summed E-state index contributed by atoms with van der Waals surface area (Å²) in [6.07, 6.45) is 11.1. The van der Waals surface area contributed by atoms with E-state index in [2.05, 4.69) is 452 Å². The van der Waals surface area contributed by atoms with E-state index < -0.39 is 0 Å². The van der Waals surface area contributed by atoms with Crippen molar-refractivity contribution in [2.45, 2.75) is 120 Å². The van der Waals surface area contributed by atoms with Crippen LogP contribution in [0, 0.1) is 34.6 Å². The van der Waals surface area contributed by atoms with Crippen LogP contribution in [0.5, 0.6) is 0 Å². The molecule has 19 rings (SSSR count). The first-order valence-corrected chi connectivity index (χ1v) is 39.8. The molecule has 0 bridgehead atoms. The molecular formula is C101H101N13. The molecule has 114 heavy (non-hydrogen) atoms. The van der Waals surface area contributed by atoms with E-state index in [1.807, 2.05) is 48.9 Å². The number of para-hydroxylation sites is 12. The number of nitrogens with zero attached hydrogens (tertiary/aromatic N) is 13. The molecule has 0 aliphatic carbocycles. The summed E-state index contributed by atoms with van der Waals surface area (Å²) in [7, 11) is 0. The number of aromatic nitrogens is 3. The molecule has 0 saturated heterocycles. The highest BCUT2D eigenvalue weighted by molar-refractivity contribution is 5.92. The maximum atomic E-state index is 4.74. The number of rotatable bonds is 11. The fraction of sp³-hybridized carbons (Fsp3) is 0.178. The maximum absolute atomic E-state index is 4.74. The van der Waals surface area contributed by atoms with Gasteiger partial charge in [-0.3, -0.25) is 4.98 Å². The summed E-state index contributed by atoms with van der Waals surface area (Å²) in [5, 5.41) is 0. The van der Waals surface area contributed by atoms with Crippen LogP contribution in [0.25, 0.3) is 0 Å². The molecule has 0 unspecified atom stereocenters. The molecule has 13 heteroatoms. The number of anilines is 18. The summed E-state index contributed by atoms with van der Waals surface area (Å²) >= 11 is 0. The molecule has 14 aromatic rings. The molecule has 0 amide bonds. The van der Waals surface area contributed by atoms with Gasteiger partial charge in [0, 0.05) is 87.4 Å². The van der Waals surface area contributed by atoms with Crippen molar-refractivity contribution in [1.82, 2.24) is 15.0 Å². The predicted molar refractivity (Wildman–Crippen MR) is 480 cm³/mol. The number of pyridine rings is 3. The SMILES string of the molecule is Cc1ccccc1N1C=CN(c2ccccc2)[C@@H]1C.Cc1ccccc1N1c2cc(C(C)C)ncc2N(c2ccccc2)[C@@H]1C.Cc1ccccc1N1c2ccccc2N(c2ccccc2)[C@@H]1C.Cc1ccccc1N1c2cccnc2N(c2ccccc2)[C@@H]1C.Cc1ccccc1N1c2ncccc2N(c2ccccc2)[C@@H]1C. The van der Waals surface area contributed by atoms with E-state index >= 15 is 0 Å². The van der Waals surface area contributed by atoms with Crippen LogP contribution in [0.15, 0.2) is 359 Å². The van der Waals surface area contributed by atoms with Gasteiger partial charge < -0.3 is 49.0 Å². The highest BCUT2D eigenvalue weighted by Gasteiger charge is 2.40. The Morgan fingerprint density at radius 1 is 0.228 bits per heavy atom. The largest absolute Gasteiger partial charge is 0.326 e. The Labute approximate surface area is 674 Å². The van der Waals surface area contributed by atoms with Crippen molar-refractivity contribution in [2.24, 2.45) is 0 Å². The monoisotopic (exact) mass is 1500 g/mol. The zero-order chi connectivity index (χ0) is 78.9. The van der Waals surface area contributed by atoms with Gasteiger partial charge in [0.05, 0.1) is 40.3 Å². The highest BCUT2D eigenvalue weighted by Crippen LogP contribution is 2.52. The fourth-order valence-electron chi connectivity index (χ4n) is 16.5. The van der Waals surface area contributed by atoms with Gasteiger partial charge >= 0.3 is 0 Å². The minimum absolute atomic E-state index is 0.170. The third-order valence-corrected chi connectivity index (χ3v) is 22.2. The zero-order valence-electron chi connectivity index (χ0n) is 67.3. The molecular weight excluding hydrogens is 1400 g/mol. The topological polar surface area (TPSA) is 71.1 Å². The molecule has 13 nitrogen and oxygen atoms in total. The first-order valence-electron chi connectivity index (χ1n) is 39.8. The van der Waals surface area contributed by atoms with E-state index in [0.717, 1.165) is 40.1 Å². The van der Waals surface area contributed by atoms with E-state index in [4.69, 9.17) is 4.98 Å². The van der Waals surface area contributed by atoms with E-state index in [1.54, 1.807) is 0 Å². The lowest BCUT2D eigenvalue weighted by Crippen LogP contribution is -2.36. The molecule has 11 aromatic carbocycles. The maximum Gasteiger partial charge on any atom is 0.158 e. The summed E-state index contributed by atoms with van der Waals surface area (Å²) in [6.45, 7) is 26.4. The summed E-state index contributed by atoms with van der Waals surface area (Å²) in [6, 6.07) is 114. The summed E-state index contributed by atoms with van der Waals surface area (Å²) in [5.74, 6) is 2.42. The Balaban J connectivity index is 0.000000113. The van der Waals surface area contributed by atoms with Gasteiger partial charge in [-0.1, -0.05) is 208 Å². The third kappa shape index (κ3) is 15.2. The second kappa shape index (κ2) is 34.1. The van der Waals surface area contributed by atoms with Crippen LogP contribution in [-0.4, -0.2) is 45.8 Å². The number of benzene rings is 11. The van der Waals surface area contributed by atoms with Crippen LogP contribution < -0.4 is 49.0 Å². The zero-order valence-corrected chi connectivity index (χ0v) is 67.3. The van der Waals surface area contributed by atoms with Crippen molar-refractivity contribution >= 4 is 103 Å². The van der Waals surface area contributed by atoms with Gasteiger partial charge in [-0.2, -0.15) is 0 Å². The molecule has 8 heterocycles. The molecule has 5 aliphatic rings. The van der Waals surface area contributed by atoms with Crippen molar-refractivity contribution < 1.29 is 0 Å². The average molecular weight is 1500 g/mol. The van der Waals surface area contributed by atoms with E-state index in [0.29, 0.717) is 12.1 Å². The lowest BCUT2D eigenvalue weighted by molar-refractivity contribution is 0.748. The Morgan fingerprint density at radius 3 is 0.930 bits per heavy atom. The van der Waals surface area contributed by atoms with Gasteiger partial charge in [-0.15, -0.1) is 0 Å². The van der Waals surface area contributed by atoms with Crippen molar-refractivity contribution in [3.05, 3.63) is 392 Å². The standard InChI is InChI=1S/C23H25N3.C21H20N2.2C20H19N3.C17H18N2/c1-16(2)20-14-22-23(15-24-20)25(19-11-6-5-7-12-19)18(4)26(22)21-13-9-8-10-17(21)3;1-16-10-6-7-13-19(16)23-17(2)22(18-11-4-3-5-12-18)20-14-8-9-15-21(20)23;1-15-9-6-7-12-18(15)23-16(2)22(17-10-4-3-5-11-17)20-19(23)13-8-14-21-20;1-15-9-6-7-12-18(15)23-16(2)22(17-10-4-3-5-11-17)19-13-8-14-21-20(19)23;1-14-8-6-7-11-17(14)19-13-12-18(15(19)2)16-9-4-3-5-10-16/h5-16,18H,1-4H3;3-15,17H,1-2H3;2*3-14,16H,1-2H3;3-13,15H,1-2H3/t18-;17-;2*16-;15-/m00000/s1. The van der Waals surface area contributed by atoms with Crippen molar-refractivity contribution in [2.75, 3.05) is 49.0 Å². The molecule has 0 radical (unpaired) electrons. The number of aryl methyl sites for hydroxylation is 5. The van der Waals surface area contributed by atoms with Gasteiger partial charge in [-0.05, 0) is 236 Å². The van der Waals surface area contributed by atoms with Gasteiger partial charge in [0.1, 0.15) is 30.8 Å². The lowest BCUT2D eigenvalue weighted by Gasteiger charge is -2.31. The van der Waals surface area contributed by atoms with E-state index in [9.17, 15) is 0 Å². The van der Waals surface area contributed by atoms with Crippen LogP contribution in [0.1, 0.15) is 87.9 Å². The van der Waals surface area contributed by atoms with E-state index in [1.165, 1.54) is 96.1 Å². The van der Waals surface area contributed by atoms with Crippen LogP contribution in [-0.2, 0) is 0 Å². The smallest absolute Gasteiger partial charge is 0.158 e. The number of fused-ring (bicyclic) bond motifs is 4. The predicted octanol–water partition coefficient (Wildman–Crippen LogP) is 26.0. The highest BCUT2D eigenvalue weighted by atomic mass is 15.5. The molecule has 570 valence electrons. The van der Waals surface area contributed by atoms with Crippen LogP contribution in [0.3, 0.4) is 0 Å². The molecule has 5 atom stereocenters. The Morgan fingerprint density at radius 2 is 0.509 bits per heavy atom. The average Bonchev–Trinajstić information content (AvgIpc) is 1.60. The molecule has 5 aliphatic heterocycles. The summed E-state index contributed by atoms with van der Waals surface area (Å²) < 4.78 is 0. The molecule has 0 saturated carbocycles. The van der Waals surface area contributed by atoms with Crippen molar-refractivity contribution in [1.29, 1.82) is 0 Å². The van der Waals surface area contributed by atoms with Crippen molar-refractivity contribution in [3.8, 4) is 0 Å². The quantitative estimate of drug-likeness (QED) is 0.124. The van der Waals surface area contributed by atoms with Crippen LogP contribution in [0.4, 0.5) is 103 Å². The van der Waals surface area contributed by atoms with Gasteiger partial charge in [-0.25, -0.2) is 9.97 Å². The fourth-order valence-corrected chi connectivity index (χ4v) is 16.5. The molecule has 0 spiro atoms. The third-order valence-electron chi connectivity index (χ3n) is 22.2. The van der Waals surface area contributed by atoms with Gasteiger partial charge in [0.2, 0.25) is 0 Å². The summed E-state index contributed by atoms with van der Waals surface area (Å²) in [5.41, 5.74) is 27.0. The molecule has 0 fully saturated rings. The normalized spacial score (nSPS) is 16.7. The van der Waals surface area contributed by atoms with E-state index in [-0.39, 0.29) is 24.7 Å². The first kappa shape index (κ1) is 76.0. The Kier molecular flexibility index (Phi) is 22.7. The second-order valence-electron chi connectivity index (χ2n) is 29.8. The second-order valence-corrected chi connectivity index (χ2v) is 29.8. The lowest BCUT2D eigenvalue weighted by atomic mass is 10.1. The number of hydrogen-bond acceptors (Lipinski definition) is 13. The summed E-state index contributed by atoms with van der Waals surface area (Å²) in [4.78, 5) is 37.6.